The van der Waals surface area contributed by atoms with Crippen molar-refractivity contribution in [1.29, 1.82) is 0 Å². The zero-order valence-corrected chi connectivity index (χ0v) is 14.7. The molecule has 0 spiro atoms. The van der Waals surface area contributed by atoms with Crippen LogP contribution in [0.15, 0.2) is 47.2 Å². The van der Waals surface area contributed by atoms with Gasteiger partial charge in [0, 0.05) is 25.7 Å². The molecule has 1 unspecified atom stereocenters. The molecule has 0 bridgehead atoms. The van der Waals surface area contributed by atoms with Gasteiger partial charge in [-0.3, -0.25) is 9.59 Å². The van der Waals surface area contributed by atoms with Gasteiger partial charge < -0.3 is 9.80 Å². The maximum atomic E-state index is 12.8. The predicted molar refractivity (Wildman–Crippen MR) is 97.2 cm³/mol. The van der Waals surface area contributed by atoms with Crippen LogP contribution in [0.2, 0.25) is 0 Å². The number of carbonyl (C=O) groups is 2. The predicted octanol–water partition coefficient (Wildman–Crippen LogP) is 3.33. The number of anilines is 1. The van der Waals surface area contributed by atoms with Crippen molar-refractivity contribution in [1.82, 2.24) is 4.90 Å². The molecule has 1 aromatic heterocycles. The van der Waals surface area contributed by atoms with E-state index in [2.05, 4.69) is 5.38 Å². The van der Waals surface area contributed by atoms with E-state index in [1.807, 2.05) is 41.8 Å². The molecule has 1 aliphatic rings. The fourth-order valence-corrected chi connectivity index (χ4v) is 3.82. The number of carbonyl (C=O) groups excluding carboxylic acids is 2. The highest BCUT2D eigenvalue weighted by molar-refractivity contribution is 7.07. The van der Waals surface area contributed by atoms with Crippen molar-refractivity contribution in [2.75, 3.05) is 18.5 Å². The molecule has 126 valence electrons. The molecule has 4 nitrogen and oxygen atoms in total. The first kappa shape index (κ1) is 16.7. The van der Waals surface area contributed by atoms with Gasteiger partial charge in [0.05, 0.1) is 0 Å². The Morgan fingerprint density at radius 1 is 1.29 bits per heavy atom. The Bertz CT molecular complexity index is 685. The average molecular weight is 342 g/mol. The van der Waals surface area contributed by atoms with E-state index < -0.39 is 0 Å². The number of thiophene rings is 1. The fourth-order valence-electron chi connectivity index (χ4n) is 3.12. The quantitative estimate of drug-likeness (QED) is 0.836. The Labute approximate surface area is 146 Å². The van der Waals surface area contributed by atoms with E-state index in [0.29, 0.717) is 6.42 Å². The lowest BCUT2D eigenvalue weighted by atomic mass is 10.0. The second-order valence-electron chi connectivity index (χ2n) is 6.12. The smallest absolute Gasteiger partial charge is 0.249 e. The number of amides is 2. The summed E-state index contributed by atoms with van der Waals surface area (Å²) in [5.41, 5.74) is 2.09. The maximum absolute atomic E-state index is 12.8. The lowest BCUT2D eigenvalue weighted by molar-refractivity contribution is -0.138. The van der Waals surface area contributed by atoms with Crippen molar-refractivity contribution >= 4 is 28.8 Å². The van der Waals surface area contributed by atoms with Crippen molar-refractivity contribution in [2.45, 2.75) is 31.7 Å². The van der Waals surface area contributed by atoms with Crippen LogP contribution in [0.4, 0.5) is 5.69 Å². The van der Waals surface area contributed by atoms with E-state index in [4.69, 9.17) is 0 Å². The van der Waals surface area contributed by atoms with Gasteiger partial charge in [0.1, 0.15) is 6.04 Å². The molecule has 5 heteroatoms. The summed E-state index contributed by atoms with van der Waals surface area (Å²) in [6.45, 7) is 0.719. The minimum Gasteiger partial charge on any atom is -0.334 e. The van der Waals surface area contributed by atoms with E-state index >= 15 is 0 Å². The summed E-state index contributed by atoms with van der Waals surface area (Å²) in [7, 11) is 1.76. The van der Waals surface area contributed by atoms with Gasteiger partial charge >= 0.3 is 0 Å². The van der Waals surface area contributed by atoms with Crippen LogP contribution in [0, 0.1) is 0 Å². The van der Waals surface area contributed by atoms with Crippen LogP contribution < -0.4 is 4.90 Å². The van der Waals surface area contributed by atoms with Gasteiger partial charge in [0.2, 0.25) is 11.8 Å². The molecule has 2 heterocycles. The molecule has 0 aliphatic carbocycles. The lowest BCUT2D eigenvalue weighted by Gasteiger charge is -2.37. The standard InChI is InChI=1S/C19H22N2O2S/c1-20(18(22)10-9-15-11-13-24-14-15)17-8-5-12-21(19(17)23)16-6-3-2-4-7-16/h2-4,6-7,11,13-14,17H,5,8-10,12H2,1H3. The molecule has 3 rings (SSSR count). The highest BCUT2D eigenvalue weighted by Crippen LogP contribution is 2.23. The Balaban J connectivity index is 1.64. The maximum Gasteiger partial charge on any atom is 0.249 e. The number of likely N-dealkylation sites (N-methyl/N-ethyl adjacent to an activating group) is 1. The van der Waals surface area contributed by atoms with Gasteiger partial charge in [-0.25, -0.2) is 0 Å². The van der Waals surface area contributed by atoms with Crippen molar-refractivity contribution in [2.24, 2.45) is 0 Å². The highest BCUT2D eigenvalue weighted by Gasteiger charge is 2.34. The van der Waals surface area contributed by atoms with E-state index in [9.17, 15) is 9.59 Å². The fraction of sp³-hybridized carbons (Fsp3) is 0.368. The number of benzene rings is 1. The molecule has 2 amide bonds. The molecule has 0 saturated carbocycles. The first-order valence-corrected chi connectivity index (χ1v) is 9.24. The molecule has 24 heavy (non-hydrogen) atoms. The average Bonchev–Trinajstić information content (AvgIpc) is 3.13. The molecule has 1 atom stereocenters. The summed E-state index contributed by atoms with van der Waals surface area (Å²) in [5.74, 6) is 0.0632. The third-order valence-corrected chi connectivity index (χ3v) is 5.28. The Kier molecular flexibility index (Phi) is 5.30. The molecule has 1 aliphatic heterocycles. The Hall–Kier alpha value is -2.14. The second kappa shape index (κ2) is 7.62. The molecule has 0 N–H and O–H groups in total. The summed E-state index contributed by atoms with van der Waals surface area (Å²) in [4.78, 5) is 28.8. The number of piperidine rings is 1. The topological polar surface area (TPSA) is 40.6 Å². The largest absolute Gasteiger partial charge is 0.334 e. The summed E-state index contributed by atoms with van der Waals surface area (Å²) in [6, 6.07) is 11.4. The number of hydrogen-bond acceptors (Lipinski definition) is 3. The molecule has 1 saturated heterocycles. The number of para-hydroxylation sites is 1. The molecule has 1 aromatic carbocycles. The third kappa shape index (κ3) is 3.67. The summed E-state index contributed by atoms with van der Waals surface area (Å²) in [5, 5.41) is 4.09. The lowest BCUT2D eigenvalue weighted by Crippen LogP contribution is -2.53. The van der Waals surface area contributed by atoms with Crippen LogP contribution >= 0.6 is 11.3 Å². The van der Waals surface area contributed by atoms with E-state index in [1.54, 1.807) is 28.2 Å². The van der Waals surface area contributed by atoms with Gasteiger partial charge in [0.25, 0.3) is 0 Å². The van der Waals surface area contributed by atoms with Gasteiger partial charge in [0.15, 0.2) is 0 Å². The van der Waals surface area contributed by atoms with Crippen LogP contribution in [0.3, 0.4) is 0 Å². The van der Waals surface area contributed by atoms with Crippen molar-refractivity contribution in [3.63, 3.8) is 0 Å². The number of nitrogens with zero attached hydrogens (tertiary/aromatic N) is 2. The molecule has 2 aromatic rings. The molecule has 1 fully saturated rings. The molecular formula is C19H22N2O2S. The van der Waals surface area contributed by atoms with E-state index in [-0.39, 0.29) is 17.9 Å². The second-order valence-corrected chi connectivity index (χ2v) is 6.90. The first-order chi connectivity index (χ1) is 11.7. The molecule has 0 radical (unpaired) electrons. The monoisotopic (exact) mass is 342 g/mol. The SMILES string of the molecule is CN(C(=O)CCc1ccsc1)C1CCCN(c2ccccc2)C1=O. The van der Waals surface area contributed by atoms with Crippen LogP contribution in [-0.4, -0.2) is 36.3 Å². The summed E-state index contributed by atoms with van der Waals surface area (Å²) in [6.07, 6.45) is 2.83. The van der Waals surface area contributed by atoms with E-state index in [1.165, 1.54) is 5.56 Å². The van der Waals surface area contributed by atoms with Gasteiger partial charge in [-0.05, 0) is 53.8 Å². The summed E-state index contributed by atoms with van der Waals surface area (Å²) >= 11 is 1.64. The third-order valence-electron chi connectivity index (χ3n) is 4.55. The van der Waals surface area contributed by atoms with Crippen molar-refractivity contribution < 1.29 is 9.59 Å². The zero-order valence-electron chi connectivity index (χ0n) is 13.9. The van der Waals surface area contributed by atoms with Crippen LogP contribution in [0.25, 0.3) is 0 Å². The van der Waals surface area contributed by atoms with Gasteiger partial charge in [-0.15, -0.1) is 0 Å². The van der Waals surface area contributed by atoms with Crippen molar-refractivity contribution in [3.8, 4) is 0 Å². The minimum atomic E-state index is -0.353. The van der Waals surface area contributed by atoms with Gasteiger partial charge in [-0.2, -0.15) is 11.3 Å². The van der Waals surface area contributed by atoms with Gasteiger partial charge in [-0.1, -0.05) is 18.2 Å². The van der Waals surface area contributed by atoms with E-state index in [0.717, 1.165) is 31.5 Å². The minimum absolute atomic E-state index is 0.0267. The highest BCUT2D eigenvalue weighted by atomic mass is 32.1. The first-order valence-electron chi connectivity index (χ1n) is 8.30. The normalized spacial score (nSPS) is 17.8. The van der Waals surface area contributed by atoms with Crippen LogP contribution in [0.1, 0.15) is 24.8 Å². The van der Waals surface area contributed by atoms with Crippen molar-refractivity contribution in [3.05, 3.63) is 52.7 Å². The number of rotatable bonds is 5. The Morgan fingerprint density at radius 3 is 2.79 bits per heavy atom. The number of hydrogen-bond donors (Lipinski definition) is 0. The Morgan fingerprint density at radius 2 is 2.08 bits per heavy atom. The molecular weight excluding hydrogens is 320 g/mol. The summed E-state index contributed by atoms with van der Waals surface area (Å²) < 4.78 is 0. The van der Waals surface area contributed by atoms with Crippen LogP contribution in [-0.2, 0) is 16.0 Å². The van der Waals surface area contributed by atoms with Crippen LogP contribution in [0.5, 0.6) is 0 Å². The number of aryl methyl sites for hydroxylation is 1. The zero-order chi connectivity index (χ0) is 16.9.